The van der Waals surface area contributed by atoms with Gasteiger partial charge >= 0.3 is 0 Å². The van der Waals surface area contributed by atoms with Crippen LogP contribution in [0.2, 0.25) is 5.02 Å². The smallest absolute Gasteiger partial charge is 0.197 e. The first-order valence-corrected chi connectivity index (χ1v) is 6.94. The highest BCUT2D eigenvalue weighted by molar-refractivity contribution is 6.35. The molecular weight excluding hydrogens is 275 g/mol. The number of benzene rings is 2. The first-order valence-electron chi connectivity index (χ1n) is 6.56. The molecule has 0 atom stereocenters. The molecule has 0 bridgehead atoms. The maximum absolute atomic E-state index is 13.8. The lowest BCUT2D eigenvalue weighted by Crippen LogP contribution is -2.06. The van der Waals surface area contributed by atoms with Crippen LogP contribution in [0.15, 0.2) is 42.5 Å². The summed E-state index contributed by atoms with van der Waals surface area (Å²) in [5, 5.41) is 0.143. The highest BCUT2D eigenvalue weighted by Crippen LogP contribution is 2.23. The zero-order valence-corrected chi connectivity index (χ0v) is 12.2. The molecule has 104 valence electrons. The predicted molar refractivity (Wildman–Crippen MR) is 79.8 cm³/mol. The fraction of sp³-hybridized carbons (Fsp3) is 0.235. The van der Waals surface area contributed by atoms with Crippen LogP contribution in [0.25, 0.3) is 0 Å². The van der Waals surface area contributed by atoms with Crippen molar-refractivity contribution >= 4 is 17.4 Å². The molecule has 2 aromatic rings. The van der Waals surface area contributed by atoms with Crippen molar-refractivity contribution in [1.82, 2.24) is 0 Å². The zero-order valence-electron chi connectivity index (χ0n) is 11.5. The molecular formula is C17H16ClFO. The molecule has 0 radical (unpaired) electrons. The lowest BCUT2D eigenvalue weighted by Gasteiger charge is -2.08. The minimum absolute atomic E-state index is 0.0594. The molecule has 20 heavy (non-hydrogen) atoms. The maximum Gasteiger partial charge on any atom is 0.197 e. The fourth-order valence-electron chi connectivity index (χ4n) is 2.17. The Labute approximate surface area is 123 Å². The van der Waals surface area contributed by atoms with Crippen molar-refractivity contribution in [3.63, 3.8) is 0 Å². The van der Waals surface area contributed by atoms with Crippen LogP contribution >= 0.6 is 11.6 Å². The summed E-state index contributed by atoms with van der Waals surface area (Å²) >= 11 is 5.94. The number of carbonyl (C=O) groups excluding carboxylic acids is 1. The van der Waals surface area contributed by atoms with E-state index >= 15 is 0 Å². The molecule has 0 N–H and O–H groups in total. The van der Waals surface area contributed by atoms with Crippen LogP contribution in [0.5, 0.6) is 0 Å². The Kier molecular flexibility index (Phi) is 4.56. The van der Waals surface area contributed by atoms with Crippen LogP contribution in [-0.2, 0) is 6.42 Å². The van der Waals surface area contributed by atoms with Gasteiger partial charge in [0.25, 0.3) is 0 Å². The summed E-state index contributed by atoms with van der Waals surface area (Å²) in [6.07, 6.45) is 0.881. The van der Waals surface area contributed by atoms with Gasteiger partial charge in [0.2, 0.25) is 0 Å². The summed E-state index contributed by atoms with van der Waals surface area (Å²) in [6.45, 7) is 4.23. The van der Waals surface area contributed by atoms with E-state index in [-0.39, 0.29) is 16.4 Å². The van der Waals surface area contributed by atoms with Crippen LogP contribution in [0, 0.1) is 11.7 Å². The third-order valence-corrected chi connectivity index (χ3v) is 3.34. The fourth-order valence-corrected chi connectivity index (χ4v) is 2.42. The quantitative estimate of drug-likeness (QED) is 0.731. The summed E-state index contributed by atoms with van der Waals surface area (Å²) in [4.78, 5) is 12.4. The zero-order chi connectivity index (χ0) is 14.7. The number of ketones is 1. The highest BCUT2D eigenvalue weighted by Gasteiger charge is 2.17. The van der Waals surface area contributed by atoms with Gasteiger partial charge in [0.15, 0.2) is 5.78 Å². The maximum atomic E-state index is 13.8. The second-order valence-electron chi connectivity index (χ2n) is 5.22. The van der Waals surface area contributed by atoms with E-state index < -0.39 is 5.82 Å². The van der Waals surface area contributed by atoms with Gasteiger partial charge in [-0.1, -0.05) is 49.7 Å². The third-order valence-electron chi connectivity index (χ3n) is 3.02. The molecule has 0 aliphatic heterocycles. The Morgan fingerprint density at radius 2 is 1.90 bits per heavy atom. The number of hydrogen-bond donors (Lipinski definition) is 0. The monoisotopic (exact) mass is 290 g/mol. The first kappa shape index (κ1) is 14.7. The van der Waals surface area contributed by atoms with Crippen molar-refractivity contribution < 1.29 is 9.18 Å². The second kappa shape index (κ2) is 6.19. The van der Waals surface area contributed by atoms with Crippen LogP contribution in [0.1, 0.15) is 35.3 Å². The van der Waals surface area contributed by atoms with E-state index in [0.29, 0.717) is 11.5 Å². The number of halogens is 2. The van der Waals surface area contributed by atoms with Crippen molar-refractivity contribution in [1.29, 1.82) is 0 Å². The summed E-state index contributed by atoms with van der Waals surface area (Å²) in [7, 11) is 0. The Bertz CT molecular complexity index is 614. The normalized spacial score (nSPS) is 10.8. The summed E-state index contributed by atoms with van der Waals surface area (Å²) in [5.74, 6) is -0.465. The molecule has 0 saturated carbocycles. The molecule has 0 unspecified atom stereocenters. The predicted octanol–water partition coefficient (Wildman–Crippen LogP) is 4.91. The molecule has 1 nitrogen and oxygen atoms in total. The van der Waals surface area contributed by atoms with E-state index in [9.17, 15) is 9.18 Å². The molecule has 0 aromatic heterocycles. The lowest BCUT2D eigenvalue weighted by molar-refractivity contribution is 0.103. The number of hydrogen-bond acceptors (Lipinski definition) is 1. The van der Waals surface area contributed by atoms with E-state index in [1.165, 1.54) is 18.2 Å². The van der Waals surface area contributed by atoms with Gasteiger partial charge in [-0.2, -0.15) is 0 Å². The van der Waals surface area contributed by atoms with Gasteiger partial charge in [0.1, 0.15) is 5.82 Å². The van der Waals surface area contributed by atoms with Crippen molar-refractivity contribution in [2.75, 3.05) is 0 Å². The average Bonchev–Trinajstić information content (AvgIpc) is 2.38. The highest BCUT2D eigenvalue weighted by atomic mass is 35.5. The minimum atomic E-state index is -0.586. The molecule has 0 heterocycles. The van der Waals surface area contributed by atoms with E-state index in [1.54, 1.807) is 6.07 Å². The molecule has 0 fully saturated rings. The van der Waals surface area contributed by atoms with E-state index in [2.05, 4.69) is 13.8 Å². The van der Waals surface area contributed by atoms with Gasteiger partial charge in [0.05, 0.1) is 10.6 Å². The van der Waals surface area contributed by atoms with Gasteiger partial charge in [0, 0.05) is 5.56 Å². The summed E-state index contributed by atoms with van der Waals surface area (Å²) in [6, 6.07) is 11.6. The van der Waals surface area contributed by atoms with E-state index in [0.717, 1.165) is 12.0 Å². The van der Waals surface area contributed by atoms with Gasteiger partial charge in [-0.15, -0.1) is 0 Å². The topological polar surface area (TPSA) is 17.1 Å². The lowest BCUT2D eigenvalue weighted by atomic mass is 9.97. The Hall–Kier alpha value is -1.67. The molecule has 0 saturated heterocycles. The summed E-state index contributed by atoms with van der Waals surface area (Å²) < 4.78 is 13.8. The SMILES string of the molecule is CC(C)Cc1cccc(C(=O)c2c(F)cccc2Cl)c1. The molecule has 2 aromatic carbocycles. The molecule has 0 amide bonds. The van der Waals surface area contributed by atoms with Gasteiger partial charge in [-0.05, 0) is 36.1 Å². The molecule has 0 spiro atoms. The van der Waals surface area contributed by atoms with Crippen LogP contribution in [-0.4, -0.2) is 5.78 Å². The van der Waals surface area contributed by atoms with E-state index in [4.69, 9.17) is 11.6 Å². The van der Waals surface area contributed by atoms with Crippen LogP contribution < -0.4 is 0 Å². The van der Waals surface area contributed by atoms with Crippen molar-refractivity contribution in [3.8, 4) is 0 Å². The van der Waals surface area contributed by atoms with Crippen molar-refractivity contribution in [2.24, 2.45) is 5.92 Å². The molecule has 3 heteroatoms. The van der Waals surface area contributed by atoms with Crippen LogP contribution in [0.3, 0.4) is 0 Å². The Morgan fingerprint density at radius 1 is 1.20 bits per heavy atom. The Morgan fingerprint density at radius 3 is 2.55 bits per heavy atom. The minimum Gasteiger partial charge on any atom is -0.288 e. The number of carbonyl (C=O) groups is 1. The van der Waals surface area contributed by atoms with E-state index in [1.807, 2.05) is 18.2 Å². The largest absolute Gasteiger partial charge is 0.288 e. The van der Waals surface area contributed by atoms with Gasteiger partial charge in [-0.25, -0.2) is 4.39 Å². The van der Waals surface area contributed by atoms with Gasteiger partial charge in [-0.3, -0.25) is 4.79 Å². The first-order chi connectivity index (χ1) is 9.49. The Balaban J connectivity index is 2.39. The van der Waals surface area contributed by atoms with Gasteiger partial charge < -0.3 is 0 Å². The summed E-state index contributed by atoms with van der Waals surface area (Å²) in [5.41, 5.74) is 1.48. The average molecular weight is 291 g/mol. The van der Waals surface area contributed by atoms with Crippen molar-refractivity contribution in [2.45, 2.75) is 20.3 Å². The van der Waals surface area contributed by atoms with Crippen LogP contribution in [0.4, 0.5) is 4.39 Å². The van der Waals surface area contributed by atoms with Crippen molar-refractivity contribution in [3.05, 3.63) is 70.0 Å². The standard InChI is InChI=1S/C17H16ClFO/c1-11(2)9-12-5-3-6-13(10-12)17(20)16-14(18)7-4-8-15(16)19/h3-8,10-11H,9H2,1-2H3. The number of rotatable bonds is 4. The molecule has 2 rings (SSSR count). The second-order valence-corrected chi connectivity index (χ2v) is 5.63. The molecule has 0 aliphatic carbocycles. The third kappa shape index (κ3) is 3.26. The molecule has 0 aliphatic rings.